The number of halogens is 1. The molecule has 7 heteroatoms. The van der Waals surface area contributed by atoms with Gasteiger partial charge in [-0.05, 0) is 6.92 Å². The molecule has 1 atom stereocenters. The van der Waals surface area contributed by atoms with Gasteiger partial charge in [0.1, 0.15) is 6.04 Å². The fourth-order valence-corrected chi connectivity index (χ4v) is 1.38. The zero-order valence-electron chi connectivity index (χ0n) is 6.68. The van der Waals surface area contributed by atoms with Crippen LogP contribution in [-0.4, -0.2) is 18.0 Å². The monoisotopic (exact) mass is 219 g/mol. The zero-order chi connectivity index (χ0) is 10.1. The molecule has 0 aliphatic carbocycles. The van der Waals surface area contributed by atoms with E-state index in [0.29, 0.717) is 0 Å². The van der Waals surface area contributed by atoms with E-state index in [1.165, 1.54) is 17.1 Å². The second-order valence-electron chi connectivity index (χ2n) is 2.40. The molecule has 0 aliphatic rings. The molecule has 0 spiro atoms. The number of aromatic nitrogens is 2. The van der Waals surface area contributed by atoms with E-state index in [9.17, 15) is 8.42 Å². The molecular weight excluding hydrogens is 214 g/mol. The summed E-state index contributed by atoms with van der Waals surface area (Å²) in [7, 11) is 1.24. The van der Waals surface area contributed by atoms with E-state index in [0.717, 1.165) is 0 Å². The van der Waals surface area contributed by atoms with Gasteiger partial charge in [0.15, 0.2) is 5.03 Å². The van der Waals surface area contributed by atoms with Crippen molar-refractivity contribution < 1.29 is 8.42 Å². The van der Waals surface area contributed by atoms with Gasteiger partial charge >= 0.3 is 0 Å². The second-order valence-corrected chi connectivity index (χ2v) is 4.91. The minimum Gasteiger partial charge on any atom is -0.320 e. The molecule has 5 nitrogen and oxygen atoms in total. The molecule has 0 radical (unpaired) electrons. The third-order valence-corrected chi connectivity index (χ3v) is 2.65. The summed E-state index contributed by atoms with van der Waals surface area (Å²) in [5.74, 6) is 0. The molecule has 1 aromatic rings. The largest absolute Gasteiger partial charge is 0.320 e. The first-order chi connectivity index (χ1) is 5.95. The Morgan fingerprint density at radius 3 is 2.77 bits per heavy atom. The molecule has 0 amide bonds. The van der Waals surface area contributed by atoms with Crippen LogP contribution in [-0.2, 0) is 9.05 Å². The topological polar surface area (TPSA) is 75.8 Å². The Kier molecular flexibility index (Phi) is 2.59. The van der Waals surface area contributed by atoms with E-state index in [1.807, 2.05) is 6.07 Å². The first-order valence-electron chi connectivity index (χ1n) is 3.33. The van der Waals surface area contributed by atoms with E-state index in [1.54, 1.807) is 6.92 Å². The Hall–Kier alpha value is -1.06. The van der Waals surface area contributed by atoms with Crippen LogP contribution in [0.25, 0.3) is 0 Å². The molecule has 1 unspecified atom stereocenters. The fourth-order valence-electron chi connectivity index (χ4n) is 0.722. The smallest absolute Gasteiger partial charge is 0.280 e. The van der Waals surface area contributed by atoms with Gasteiger partial charge < -0.3 is 4.57 Å². The van der Waals surface area contributed by atoms with Crippen LogP contribution in [0.4, 0.5) is 0 Å². The number of nitriles is 1. The Morgan fingerprint density at radius 1 is 1.77 bits per heavy atom. The van der Waals surface area contributed by atoms with Gasteiger partial charge in [-0.2, -0.15) is 5.26 Å². The number of hydrogen-bond acceptors (Lipinski definition) is 4. The van der Waals surface area contributed by atoms with E-state index in [2.05, 4.69) is 4.98 Å². The standard InChI is InChI=1S/C6H6ClN3O2S/c1-5(2-8)10-3-6(9-4-10)13(7,11)12/h3-5H,1H3. The summed E-state index contributed by atoms with van der Waals surface area (Å²) in [4.78, 5) is 3.55. The van der Waals surface area contributed by atoms with Gasteiger partial charge in [0.05, 0.1) is 12.4 Å². The first kappa shape index (κ1) is 10.0. The molecule has 1 aromatic heterocycles. The molecule has 0 aliphatic heterocycles. The van der Waals surface area contributed by atoms with Gasteiger partial charge in [-0.15, -0.1) is 0 Å². The van der Waals surface area contributed by atoms with Crippen LogP contribution in [0.5, 0.6) is 0 Å². The van der Waals surface area contributed by atoms with Crippen molar-refractivity contribution in [3.8, 4) is 6.07 Å². The van der Waals surface area contributed by atoms with Crippen molar-refractivity contribution in [2.75, 3.05) is 0 Å². The maximum atomic E-state index is 10.8. The minimum absolute atomic E-state index is 0.240. The van der Waals surface area contributed by atoms with Crippen molar-refractivity contribution in [3.63, 3.8) is 0 Å². The molecule has 1 heterocycles. The van der Waals surface area contributed by atoms with Gasteiger partial charge in [0.25, 0.3) is 9.05 Å². The van der Waals surface area contributed by atoms with E-state index in [-0.39, 0.29) is 5.03 Å². The molecule has 0 N–H and O–H groups in total. The van der Waals surface area contributed by atoms with Crippen LogP contribution in [0.15, 0.2) is 17.6 Å². The van der Waals surface area contributed by atoms with Gasteiger partial charge in [-0.25, -0.2) is 13.4 Å². The van der Waals surface area contributed by atoms with Crippen LogP contribution in [0, 0.1) is 11.3 Å². The molecule has 1 rings (SSSR count). The summed E-state index contributed by atoms with van der Waals surface area (Å²) in [6.07, 6.45) is 2.47. The summed E-state index contributed by atoms with van der Waals surface area (Å²) in [5.41, 5.74) is 0. The summed E-state index contributed by atoms with van der Waals surface area (Å²) in [6.45, 7) is 1.62. The second kappa shape index (κ2) is 3.36. The Balaban J connectivity index is 3.09. The number of hydrogen-bond donors (Lipinski definition) is 0. The summed E-state index contributed by atoms with van der Waals surface area (Å²) < 4.78 is 22.9. The van der Waals surface area contributed by atoms with Gasteiger partial charge in [-0.1, -0.05) is 0 Å². The zero-order valence-corrected chi connectivity index (χ0v) is 8.25. The Bertz CT molecular complexity index is 445. The van der Waals surface area contributed by atoms with Crippen LogP contribution >= 0.6 is 10.7 Å². The van der Waals surface area contributed by atoms with Crippen molar-refractivity contribution >= 4 is 19.7 Å². The van der Waals surface area contributed by atoms with Gasteiger partial charge in [-0.3, -0.25) is 0 Å². The van der Waals surface area contributed by atoms with Crippen molar-refractivity contribution in [1.29, 1.82) is 5.26 Å². The van der Waals surface area contributed by atoms with Crippen molar-refractivity contribution in [1.82, 2.24) is 9.55 Å². The predicted molar refractivity (Wildman–Crippen MR) is 45.6 cm³/mol. The fraction of sp³-hybridized carbons (Fsp3) is 0.333. The third-order valence-electron chi connectivity index (χ3n) is 1.46. The van der Waals surface area contributed by atoms with Gasteiger partial charge in [0.2, 0.25) is 0 Å². The maximum absolute atomic E-state index is 10.8. The predicted octanol–water partition coefficient (Wildman–Crippen LogP) is 0.895. The lowest BCUT2D eigenvalue weighted by Crippen LogP contribution is -1.98. The summed E-state index contributed by atoms with van der Waals surface area (Å²) >= 11 is 0. The van der Waals surface area contributed by atoms with Crippen LogP contribution in [0.1, 0.15) is 13.0 Å². The molecule has 0 saturated carbocycles. The molecule has 13 heavy (non-hydrogen) atoms. The summed E-state index contributed by atoms with van der Waals surface area (Å²) in [6, 6.07) is 1.47. The van der Waals surface area contributed by atoms with Crippen molar-refractivity contribution in [2.24, 2.45) is 0 Å². The van der Waals surface area contributed by atoms with Gasteiger partial charge in [0, 0.05) is 16.9 Å². The highest BCUT2D eigenvalue weighted by atomic mass is 35.7. The van der Waals surface area contributed by atoms with E-state index in [4.69, 9.17) is 15.9 Å². The lowest BCUT2D eigenvalue weighted by atomic mass is 10.4. The first-order valence-corrected chi connectivity index (χ1v) is 5.64. The number of rotatable bonds is 2. The maximum Gasteiger partial charge on any atom is 0.280 e. The Labute approximate surface area is 80.0 Å². The molecule has 0 aromatic carbocycles. The lowest BCUT2D eigenvalue weighted by Gasteiger charge is -2.00. The SMILES string of the molecule is CC(C#N)n1cnc(S(=O)(=O)Cl)c1. The Morgan fingerprint density at radius 2 is 2.38 bits per heavy atom. The quantitative estimate of drug-likeness (QED) is 0.693. The molecule has 0 fully saturated rings. The van der Waals surface area contributed by atoms with Crippen LogP contribution in [0.2, 0.25) is 0 Å². The van der Waals surface area contributed by atoms with Crippen molar-refractivity contribution in [2.45, 2.75) is 18.0 Å². The average molecular weight is 220 g/mol. The third kappa shape index (κ3) is 2.20. The van der Waals surface area contributed by atoms with E-state index >= 15 is 0 Å². The highest BCUT2D eigenvalue weighted by molar-refractivity contribution is 8.13. The molecule has 70 valence electrons. The molecule has 0 saturated heterocycles. The van der Waals surface area contributed by atoms with Crippen molar-refractivity contribution in [3.05, 3.63) is 12.5 Å². The molecule has 0 bridgehead atoms. The van der Waals surface area contributed by atoms with Crippen LogP contribution < -0.4 is 0 Å². The van der Waals surface area contributed by atoms with Crippen LogP contribution in [0.3, 0.4) is 0 Å². The number of nitrogens with zero attached hydrogens (tertiary/aromatic N) is 3. The average Bonchev–Trinajstić information content (AvgIpc) is 2.50. The lowest BCUT2D eigenvalue weighted by molar-refractivity contribution is 0.606. The minimum atomic E-state index is -3.79. The number of imidazole rings is 1. The molecular formula is C6H6ClN3O2S. The van der Waals surface area contributed by atoms with E-state index < -0.39 is 15.1 Å². The normalized spacial score (nSPS) is 13.6. The highest BCUT2D eigenvalue weighted by Crippen LogP contribution is 2.13. The summed E-state index contributed by atoms with van der Waals surface area (Å²) in [5, 5.41) is 8.28. The highest BCUT2D eigenvalue weighted by Gasteiger charge is 2.14.